The van der Waals surface area contributed by atoms with Gasteiger partial charge in [-0.1, -0.05) is 6.58 Å². The van der Waals surface area contributed by atoms with E-state index < -0.39 is 0 Å². The smallest absolute Gasteiger partial charge is 0.137 e. The summed E-state index contributed by atoms with van der Waals surface area (Å²) < 4.78 is 1.79. The Hall–Kier alpha value is -1.16. The quantitative estimate of drug-likeness (QED) is 0.671. The highest BCUT2D eigenvalue weighted by Gasteiger charge is 2.19. The van der Waals surface area contributed by atoms with Crippen LogP contribution in [0.4, 0.5) is 0 Å². The van der Waals surface area contributed by atoms with Crippen LogP contribution in [0.5, 0.6) is 0 Å². The molecule has 2 rings (SSSR count). The van der Waals surface area contributed by atoms with E-state index in [1.165, 1.54) is 12.8 Å². The molecule has 0 unspecified atom stereocenters. The molecule has 0 bridgehead atoms. The van der Waals surface area contributed by atoms with Gasteiger partial charge in [0.2, 0.25) is 0 Å². The lowest BCUT2D eigenvalue weighted by molar-refractivity contribution is 0.634. The van der Waals surface area contributed by atoms with Crippen molar-refractivity contribution < 1.29 is 0 Å². The Morgan fingerprint density at radius 3 is 3.08 bits per heavy atom. The average molecular weight is 178 g/mol. The SMILES string of the molecule is C=C(CNC1CC1)Cn1cncn1. The van der Waals surface area contributed by atoms with E-state index in [2.05, 4.69) is 22.0 Å². The molecule has 1 aromatic heterocycles. The largest absolute Gasteiger partial charge is 0.310 e. The Labute approximate surface area is 77.7 Å². The molecule has 0 radical (unpaired) electrons. The van der Waals surface area contributed by atoms with Gasteiger partial charge in [0.25, 0.3) is 0 Å². The van der Waals surface area contributed by atoms with Crippen LogP contribution >= 0.6 is 0 Å². The van der Waals surface area contributed by atoms with Gasteiger partial charge in [-0.15, -0.1) is 0 Å². The first-order chi connectivity index (χ1) is 6.34. The van der Waals surface area contributed by atoms with Crippen LogP contribution in [-0.4, -0.2) is 27.4 Å². The Morgan fingerprint density at radius 2 is 2.46 bits per heavy atom. The van der Waals surface area contributed by atoms with Crippen molar-refractivity contribution in [2.75, 3.05) is 6.54 Å². The van der Waals surface area contributed by atoms with Gasteiger partial charge in [0.15, 0.2) is 0 Å². The van der Waals surface area contributed by atoms with Gasteiger partial charge in [-0.05, 0) is 18.4 Å². The number of hydrogen-bond acceptors (Lipinski definition) is 3. The lowest BCUT2D eigenvalue weighted by Gasteiger charge is -2.05. The van der Waals surface area contributed by atoms with Gasteiger partial charge < -0.3 is 5.32 Å². The standard InChI is InChI=1S/C9H14N4/c1-8(4-11-9-2-3-9)5-13-7-10-6-12-13/h6-7,9,11H,1-5H2. The third-order valence-electron chi connectivity index (χ3n) is 2.07. The van der Waals surface area contributed by atoms with Crippen molar-refractivity contribution in [2.45, 2.75) is 25.4 Å². The van der Waals surface area contributed by atoms with Crippen LogP contribution in [0.15, 0.2) is 24.8 Å². The second-order valence-electron chi connectivity index (χ2n) is 3.50. The minimum Gasteiger partial charge on any atom is -0.310 e. The molecule has 1 N–H and O–H groups in total. The monoisotopic (exact) mass is 178 g/mol. The highest BCUT2D eigenvalue weighted by molar-refractivity contribution is 4.98. The van der Waals surface area contributed by atoms with Crippen LogP contribution in [0.2, 0.25) is 0 Å². The molecular formula is C9H14N4. The summed E-state index contributed by atoms with van der Waals surface area (Å²) in [5.74, 6) is 0. The zero-order chi connectivity index (χ0) is 9.10. The zero-order valence-electron chi connectivity index (χ0n) is 7.61. The summed E-state index contributed by atoms with van der Waals surface area (Å²) >= 11 is 0. The van der Waals surface area contributed by atoms with Crippen molar-refractivity contribution in [1.82, 2.24) is 20.1 Å². The highest BCUT2D eigenvalue weighted by Crippen LogP contribution is 2.18. The fourth-order valence-electron chi connectivity index (χ4n) is 1.18. The molecule has 4 heteroatoms. The zero-order valence-corrected chi connectivity index (χ0v) is 7.61. The number of nitrogens with zero attached hydrogens (tertiary/aromatic N) is 3. The van der Waals surface area contributed by atoms with Gasteiger partial charge >= 0.3 is 0 Å². The summed E-state index contributed by atoms with van der Waals surface area (Å²) in [6, 6.07) is 0.743. The fourth-order valence-corrected chi connectivity index (χ4v) is 1.18. The predicted molar refractivity (Wildman–Crippen MR) is 50.2 cm³/mol. The third-order valence-corrected chi connectivity index (χ3v) is 2.07. The highest BCUT2D eigenvalue weighted by atomic mass is 15.3. The van der Waals surface area contributed by atoms with Crippen LogP contribution in [0, 0.1) is 0 Å². The van der Waals surface area contributed by atoms with Crippen LogP contribution in [0.1, 0.15) is 12.8 Å². The second-order valence-corrected chi connectivity index (χ2v) is 3.50. The van der Waals surface area contributed by atoms with Crippen molar-refractivity contribution in [3.63, 3.8) is 0 Å². The van der Waals surface area contributed by atoms with Gasteiger partial charge in [-0.3, -0.25) is 0 Å². The normalized spacial score (nSPS) is 16.0. The Balaban J connectivity index is 1.71. The summed E-state index contributed by atoms with van der Waals surface area (Å²) in [7, 11) is 0. The van der Waals surface area contributed by atoms with Gasteiger partial charge in [-0.2, -0.15) is 5.10 Å². The first-order valence-electron chi connectivity index (χ1n) is 4.57. The van der Waals surface area contributed by atoms with Crippen molar-refractivity contribution in [3.05, 3.63) is 24.8 Å². The van der Waals surface area contributed by atoms with E-state index in [-0.39, 0.29) is 0 Å². The molecule has 0 spiro atoms. The maximum absolute atomic E-state index is 4.02. The van der Waals surface area contributed by atoms with E-state index in [4.69, 9.17) is 0 Å². The number of hydrogen-bond donors (Lipinski definition) is 1. The van der Waals surface area contributed by atoms with E-state index in [0.29, 0.717) is 0 Å². The van der Waals surface area contributed by atoms with E-state index >= 15 is 0 Å². The van der Waals surface area contributed by atoms with Crippen LogP contribution in [0.3, 0.4) is 0 Å². The molecule has 0 amide bonds. The molecule has 4 nitrogen and oxygen atoms in total. The molecule has 0 aliphatic heterocycles. The van der Waals surface area contributed by atoms with Crippen molar-refractivity contribution in [3.8, 4) is 0 Å². The molecule has 0 aromatic carbocycles. The maximum Gasteiger partial charge on any atom is 0.137 e. The van der Waals surface area contributed by atoms with E-state index in [1.54, 1.807) is 17.3 Å². The molecule has 1 saturated carbocycles. The number of rotatable bonds is 5. The van der Waals surface area contributed by atoms with Crippen LogP contribution in [-0.2, 0) is 6.54 Å². The Kier molecular flexibility index (Phi) is 2.40. The predicted octanol–water partition coefficient (Wildman–Crippen LogP) is 0.586. The lowest BCUT2D eigenvalue weighted by atomic mass is 10.3. The van der Waals surface area contributed by atoms with Gasteiger partial charge in [0.05, 0.1) is 6.54 Å². The average Bonchev–Trinajstić information content (AvgIpc) is 2.82. The summed E-state index contributed by atoms with van der Waals surface area (Å²) in [6.07, 6.45) is 5.89. The summed E-state index contributed by atoms with van der Waals surface area (Å²) in [5, 5.41) is 7.42. The fraction of sp³-hybridized carbons (Fsp3) is 0.556. The molecule has 1 aliphatic rings. The van der Waals surface area contributed by atoms with Gasteiger partial charge in [-0.25, -0.2) is 9.67 Å². The lowest BCUT2D eigenvalue weighted by Crippen LogP contribution is -2.20. The molecule has 1 aliphatic carbocycles. The van der Waals surface area contributed by atoms with Crippen molar-refractivity contribution in [1.29, 1.82) is 0 Å². The Bertz CT molecular complexity index is 274. The number of aromatic nitrogens is 3. The molecule has 1 heterocycles. The van der Waals surface area contributed by atoms with Gasteiger partial charge in [0.1, 0.15) is 12.7 Å². The summed E-state index contributed by atoms with van der Waals surface area (Å²) in [4.78, 5) is 3.87. The topological polar surface area (TPSA) is 42.7 Å². The maximum atomic E-state index is 4.02. The Morgan fingerprint density at radius 1 is 1.62 bits per heavy atom. The second kappa shape index (κ2) is 3.70. The minimum absolute atomic E-state index is 0.743. The van der Waals surface area contributed by atoms with Crippen LogP contribution < -0.4 is 5.32 Å². The van der Waals surface area contributed by atoms with Crippen molar-refractivity contribution >= 4 is 0 Å². The third kappa shape index (κ3) is 2.66. The van der Waals surface area contributed by atoms with Gasteiger partial charge in [0, 0.05) is 12.6 Å². The molecular weight excluding hydrogens is 164 g/mol. The first-order valence-corrected chi connectivity index (χ1v) is 4.57. The summed E-state index contributed by atoms with van der Waals surface area (Å²) in [5.41, 5.74) is 1.15. The molecule has 13 heavy (non-hydrogen) atoms. The van der Waals surface area contributed by atoms with Crippen LogP contribution in [0.25, 0.3) is 0 Å². The summed E-state index contributed by atoms with van der Waals surface area (Å²) in [6.45, 7) is 5.64. The molecule has 70 valence electrons. The van der Waals surface area contributed by atoms with Crippen molar-refractivity contribution in [2.24, 2.45) is 0 Å². The first kappa shape index (κ1) is 8.44. The minimum atomic E-state index is 0.743. The van der Waals surface area contributed by atoms with E-state index in [9.17, 15) is 0 Å². The van der Waals surface area contributed by atoms with E-state index in [1.807, 2.05) is 0 Å². The molecule has 1 fully saturated rings. The molecule has 1 aromatic rings. The number of nitrogens with one attached hydrogen (secondary N) is 1. The van der Waals surface area contributed by atoms with E-state index in [0.717, 1.165) is 24.7 Å². The molecule has 0 atom stereocenters. The molecule has 0 saturated heterocycles.